The zero-order chi connectivity index (χ0) is 16.7. The summed E-state index contributed by atoms with van der Waals surface area (Å²) in [5.41, 5.74) is 1.16. The number of benzene rings is 1. The molecular weight excluding hydrogens is 308 g/mol. The summed E-state index contributed by atoms with van der Waals surface area (Å²) in [6.45, 7) is 5.76. The molecule has 0 radical (unpaired) electrons. The molecule has 4 rings (SSSR count). The monoisotopic (exact) mass is 332 g/mol. The van der Waals surface area contributed by atoms with Crippen LogP contribution in [0.3, 0.4) is 0 Å². The van der Waals surface area contributed by atoms with E-state index < -0.39 is 0 Å². The fourth-order valence-electron chi connectivity index (χ4n) is 3.45. The number of amides is 1. The molecule has 0 saturated carbocycles. The Hall–Kier alpha value is -1.79. The molecule has 1 aromatic carbocycles. The number of carbonyl (C=O) groups excluding carboxylic acids is 1. The molecule has 1 unspecified atom stereocenters. The van der Waals surface area contributed by atoms with Gasteiger partial charge in [0.25, 0.3) is 0 Å². The van der Waals surface area contributed by atoms with E-state index in [1.165, 1.54) is 0 Å². The number of rotatable bonds is 5. The van der Waals surface area contributed by atoms with E-state index in [0.717, 1.165) is 49.8 Å². The maximum absolute atomic E-state index is 12.6. The van der Waals surface area contributed by atoms with E-state index in [2.05, 4.69) is 11.8 Å². The molecule has 0 spiro atoms. The highest BCUT2D eigenvalue weighted by atomic mass is 16.7. The third-order valence-corrected chi connectivity index (χ3v) is 5.37. The van der Waals surface area contributed by atoms with Crippen molar-refractivity contribution in [2.75, 3.05) is 40.1 Å². The van der Waals surface area contributed by atoms with Gasteiger partial charge in [0.1, 0.15) is 0 Å². The Morgan fingerprint density at radius 2 is 2.04 bits per heavy atom. The van der Waals surface area contributed by atoms with Crippen LogP contribution in [0.15, 0.2) is 18.2 Å². The zero-order valence-electron chi connectivity index (χ0n) is 14.2. The third kappa shape index (κ3) is 2.84. The van der Waals surface area contributed by atoms with E-state index in [1.807, 2.05) is 30.1 Å². The van der Waals surface area contributed by atoms with Crippen LogP contribution in [0, 0.1) is 5.92 Å². The van der Waals surface area contributed by atoms with Crippen molar-refractivity contribution in [3.05, 3.63) is 23.8 Å². The molecule has 3 aliphatic rings. The number of likely N-dealkylation sites (N-methyl/N-ethyl adjacent to an activating group) is 1. The molecule has 6 heteroatoms. The lowest BCUT2D eigenvalue weighted by molar-refractivity contribution is -0.150. The van der Waals surface area contributed by atoms with Crippen molar-refractivity contribution in [3.63, 3.8) is 0 Å². The standard InChI is InChI=1S/C18H24N2O4/c1-12(5-13-3-4-16-17(6-13)24-11-23-16)19(2)18(21)14-7-20(8-14)15-9-22-10-15/h3-4,6,12,14-15H,5,7-11H2,1-2H3. The topological polar surface area (TPSA) is 51.2 Å². The van der Waals surface area contributed by atoms with Crippen LogP contribution in [-0.2, 0) is 16.0 Å². The molecule has 2 fully saturated rings. The maximum atomic E-state index is 12.6. The molecule has 1 aromatic rings. The van der Waals surface area contributed by atoms with E-state index in [9.17, 15) is 4.79 Å². The molecule has 1 amide bonds. The first-order valence-electron chi connectivity index (χ1n) is 8.59. The van der Waals surface area contributed by atoms with Gasteiger partial charge in [-0.25, -0.2) is 0 Å². The van der Waals surface area contributed by atoms with E-state index >= 15 is 0 Å². The SMILES string of the molecule is CC(Cc1ccc2c(c1)OCO2)N(C)C(=O)C1CN(C2COC2)C1. The molecule has 1 atom stereocenters. The van der Waals surface area contributed by atoms with Gasteiger partial charge < -0.3 is 19.1 Å². The van der Waals surface area contributed by atoms with Crippen LogP contribution in [0.5, 0.6) is 11.5 Å². The summed E-state index contributed by atoms with van der Waals surface area (Å²) >= 11 is 0. The van der Waals surface area contributed by atoms with Crippen LogP contribution in [0.4, 0.5) is 0 Å². The van der Waals surface area contributed by atoms with Crippen molar-refractivity contribution in [1.29, 1.82) is 0 Å². The maximum Gasteiger partial charge on any atom is 0.231 e. The van der Waals surface area contributed by atoms with E-state index in [-0.39, 0.29) is 24.7 Å². The highest BCUT2D eigenvalue weighted by Gasteiger charge is 2.40. The van der Waals surface area contributed by atoms with Crippen molar-refractivity contribution >= 4 is 5.91 Å². The van der Waals surface area contributed by atoms with Crippen molar-refractivity contribution in [2.45, 2.75) is 25.4 Å². The molecule has 130 valence electrons. The lowest BCUT2D eigenvalue weighted by Gasteiger charge is -2.47. The zero-order valence-corrected chi connectivity index (χ0v) is 14.2. The fourth-order valence-corrected chi connectivity index (χ4v) is 3.45. The molecular formula is C18H24N2O4. The van der Waals surface area contributed by atoms with Crippen LogP contribution in [0.2, 0.25) is 0 Å². The van der Waals surface area contributed by atoms with Crippen LogP contribution in [0.25, 0.3) is 0 Å². The van der Waals surface area contributed by atoms with Gasteiger partial charge in [-0.05, 0) is 31.0 Å². The fraction of sp³-hybridized carbons (Fsp3) is 0.611. The van der Waals surface area contributed by atoms with Gasteiger partial charge in [-0.2, -0.15) is 0 Å². The first-order valence-corrected chi connectivity index (χ1v) is 8.59. The molecule has 0 N–H and O–H groups in total. The number of ether oxygens (including phenoxy) is 3. The Balaban J connectivity index is 1.30. The summed E-state index contributed by atoms with van der Waals surface area (Å²) in [4.78, 5) is 16.9. The summed E-state index contributed by atoms with van der Waals surface area (Å²) in [5.74, 6) is 1.98. The lowest BCUT2D eigenvalue weighted by Crippen LogP contribution is -2.62. The van der Waals surface area contributed by atoms with Crippen LogP contribution in [0.1, 0.15) is 12.5 Å². The van der Waals surface area contributed by atoms with Crippen LogP contribution >= 0.6 is 0 Å². The Bertz CT molecular complexity index is 625. The van der Waals surface area contributed by atoms with Gasteiger partial charge in [-0.15, -0.1) is 0 Å². The molecule has 0 bridgehead atoms. The molecule has 2 saturated heterocycles. The van der Waals surface area contributed by atoms with Crippen molar-refractivity contribution < 1.29 is 19.0 Å². The van der Waals surface area contributed by atoms with E-state index in [4.69, 9.17) is 14.2 Å². The molecule has 0 aliphatic carbocycles. The Kier molecular flexibility index (Phi) is 4.10. The predicted octanol–water partition coefficient (Wildman–Crippen LogP) is 1.14. The van der Waals surface area contributed by atoms with Crippen LogP contribution < -0.4 is 9.47 Å². The summed E-state index contributed by atoms with van der Waals surface area (Å²) in [6, 6.07) is 6.68. The number of nitrogens with zero attached hydrogens (tertiary/aromatic N) is 2. The second kappa shape index (κ2) is 6.26. The van der Waals surface area contributed by atoms with Gasteiger partial charge in [0.05, 0.1) is 25.2 Å². The van der Waals surface area contributed by atoms with Gasteiger partial charge in [-0.3, -0.25) is 9.69 Å². The Morgan fingerprint density at radius 3 is 2.75 bits per heavy atom. The summed E-state index contributed by atoms with van der Waals surface area (Å²) in [7, 11) is 1.91. The Morgan fingerprint density at radius 1 is 1.29 bits per heavy atom. The average molecular weight is 332 g/mol. The quantitative estimate of drug-likeness (QED) is 0.809. The largest absolute Gasteiger partial charge is 0.454 e. The number of hydrogen-bond acceptors (Lipinski definition) is 5. The number of carbonyl (C=O) groups is 1. The molecule has 24 heavy (non-hydrogen) atoms. The first-order chi connectivity index (χ1) is 11.6. The first kappa shape index (κ1) is 15.7. The van der Waals surface area contributed by atoms with Gasteiger partial charge in [-0.1, -0.05) is 6.07 Å². The summed E-state index contributed by atoms with van der Waals surface area (Å²) in [5, 5.41) is 0. The normalized spacial score (nSPS) is 21.9. The minimum atomic E-state index is 0.134. The Labute approximate surface area is 142 Å². The minimum Gasteiger partial charge on any atom is -0.454 e. The van der Waals surface area contributed by atoms with Crippen molar-refractivity contribution in [3.8, 4) is 11.5 Å². The number of hydrogen-bond donors (Lipinski definition) is 0. The van der Waals surface area contributed by atoms with Gasteiger partial charge in [0, 0.05) is 26.2 Å². The van der Waals surface area contributed by atoms with Crippen molar-refractivity contribution in [2.24, 2.45) is 5.92 Å². The van der Waals surface area contributed by atoms with E-state index in [0.29, 0.717) is 6.04 Å². The molecule has 3 aliphatic heterocycles. The average Bonchev–Trinajstić information content (AvgIpc) is 2.94. The third-order valence-electron chi connectivity index (χ3n) is 5.37. The van der Waals surface area contributed by atoms with Gasteiger partial charge in [0.15, 0.2) is 11.5 Å². The molecule has 0 aromatic heterocycles. The van der Waals surface area contributed by atoms with E-state index in [1.54, 1.807) is 0 Å². The summed E-state index contributed by atoms with van der Waals surface area (Å²) < 4.78 is 16.0. The van der Waals surface area contributed by atoms with Crippen LogP contribution in [-0.4, -0.2) is 67.9 Å². The van der Waals surface area contributed by atoms with Gasteiger partial charge in [0.2, 0.25) is 12.7 Å². The highest BCUT2D eigenvalue weighted by Crippen LogP contribution is 2.33. The molecule has 3 heterocycles. The highest BCUT2D eigenvalue weighted by molar-refractivity contribution is 5.80. The minimum absolute atomic E-state index is 0.134. The summed E-state index contributed by atoms with van der Waals surface area (Å²) in [6.07, 6.45) is 0.811. The second-order valence-corrected chi connectivity index (χ2v) is 7.03. The lowest BCUT2D eigenvalue weighted by atomic mass is 9.94. The van der Waals surface area contributed by atoms with Gasteiger partial charge >= 0.3 is 0 Å². The predicted molar refractivity (Wildman–Crippen MR) is 88.2 cm³/mol. The molecule has 6 nitrogen and oxygen atoms in total. The number of likely N-dealkylation sites (tertiary alicyclic amines) is 1. The second-order valence-electron chi connectivity index (χ2n) is 7.03. The smallest absolute Gasteiger partial charge is 0.231 e. The van der Waals surface area contributed by atoms with Crippen molar-refractivity contribution in [1.82, 2.24) is 9.80 Å². The number of fused-ring (bicyclic) bond motifs is 1.